The number of aromatic nitrogens is 1. The molecule has 1 aliphatic carbocycles. The zero-order valence-electron chi connectivity index (χ0n) is 10.3. The highest BCUT2D eigenvalue weighted by Gasteiger charge is 2.23. The molecule has 0 aliphatic heterocycles. The van der Waals surface area contributed by atoms with Gasteiger partial charge >= 0.3 is 0 Å². The van der Waals surface area contributed by atoms with Crippen molar-refractivity contribution in [1.29, 1.82) is 0 Å². The molecule has 0 radical (unpaired) electrons. The van der Waals surface area contributed by atoms with Gasteiger partial charge in [-0.05, 0) is 51.1 Å². The normalized spacial score (nSPS) is 19.8. The summed E-state index contributed by atoms with van der Waals surface area (Å²) < 4.78 is 0. The molecule has 3 nitrogen and oxygen atoms in total. The first-order valence-electron chi connectivity index (χ1n) is 6.14. The zero-order chi connectivity index (χ0) is 12.0. The molecular formula is C14H18N2O. The van der Waals surface area contributed by atoms with Gasteiger partial charge in [-0.25, -0.2) is 0 Å². The Kier molecular flexibility index (Phi) is 2.37. The highest BCUT2D eigenvalue weighted by atomic mass is 16.3. The minimum absolute atomic E-state index is 0.334. The lowest BCUT2D eigenvalue weighted by Crippen LogP contribution is -2.33. The van der Waals surface area contributed by atoms with Gasteiger partial charge in [0, 0.05) is 28.7 Å². The summed E-state index contributed by atoms with van der Waals surface area (Å²) in [5.41, 5.74) is 3.85. The molecule has 0 bridgehead atoms. The number of hydrogen-bond acceptors (Lipinski definition) is 2. The summed E-state index contributed by atoms with van der Waals surface area (Å²) in [7, 11) is 4.30. The standard InChI is InChI=1S/C14H18N2O/c1-16(2)9-3-6-13-12(7-9)11-5-4-10(17)8-14(11)15-13/h4-5,8-9,15,17H,3,6-7H2,1-2H3. The Bertz CT molecular complexity index is 557. The van der Waals surface area contributed by atoms with E-state index in [1.165, 1.54) is 23.1 Å². The highest BCUT2D eigenvalue weighted by Crippen LogP contribution is 2.31. The topological polar surface area (TPSA) is 39.3 Å². The summed E-state index contributed by atoms with van der Waals surface area (Å²) in [5.74, 6) is 0.334. The summed E-state index contributed by atoms with van der Waals surface area (Å²) in [6, 6.07) is 6.25. The molecule has 90 valence electrons. The van der Waals surface area contributed by atoms with Gasteiger partial charge in [-0.1, -0.05) is 0 Å². The fourth-order valence-corrected chi connectivity index (χ4v) is 2.84. The number of phenolic OH excluding ortho intramolecular Hbond substituents is 1. The van der Waals surface area contributed by atoms with Crippen molar-refractivity contribution in [1.82, 2.24) is 9.88 Å². The van der Waals surface area contributed by atoms with Gasteiger partial charge < -0.3 is 15.0 Å². The Balaban J connectivity index is 2.09. The first kappa shape index (κ1) is 10.7. The molecule has 0 amide bonds. The summed E-state index contributed by atoms with van der Waals surface area (Å²) in [5, 5.41) is 10.8. The van der Waals surface area contributed by atoms with E-state index in [9.17, 15) is 5.11 Å². The van der Waals surface area contributed by atoms with Gasteiger partial charge in [0.05, 0.1) is 0 Å². The minimum Gasteiger partial charge on any atom is -0.508 e. The smallest absolute Gasteiger partial charge is 0.117 e. The van der Waals surface area contributed by atoms with Gasteiger partial charge in [-0.3, -0.25) is 0 Å². The van der Waals surface area contributed by atoms with Crippen molar-refractivity contribution in [2.75, 3.05) is 14.1 Å². The van der Waals surface area contributed by atoms with Crippen molar-refractivity contribution in [2.45, 2.75) is 25.3 Å². The van der Waals surface area contributed by atoms with Crippen molar-refractivity contribution < 1.29 is 5.11 Å². The van der Waals surface area contributed by atoms with Crippen LogP contribution < -0.4 is 0 Å². The number of H-pyrrole nitrogens is 1. The Hall–Kier alpha value is -1.48. The highest BCUT2D eigenvalue weighted by molar-refractivity contribution is 5.86. The SMILES string of the molecule is CN(C)C1CCc2[nH]c3cc(O)ccc3c2C1. The summed E-state index contributed by atoms with van der Waals surface area (Å²) >= 11 is 0. The number of nitrogens with zero attached hydrogens (tertiary/aromatic N) is 1. The number of rotatable bonds is 1. The van der Waals surface area contributed by atoms with Crippen LogP contribution in [0.1, 0.15) is 17.7 Å². The number of benzene rings is 1. The first-order chi connectivity index (χ1) is 8.15. The van der Waals surface area contributed by atoms with E-state index < -0.39 is 0 Å². The van der Waals surface area contributed by atoms with Crippen molar-refractivity contribution in [3.8, 4) is 5.75 Å². The number of nitrogens with one attached hydrogen (secondary N) is 1. The van der Waals surface area contributed by atoms with Crippen LogP contribution in [0.5, 0.6) is 5.75 Å². The summed E-state index contributed by atoms with van der Waals surface area (Å²) in [6.45, 7) is 0. The maximum Gasteiger partial charge on any atom is 0.117 e. The van der Waals surface area contributed by atoms with Crippen LogP contribution >= 0.6 is 0 Å². The predicted molar refractivity (Wildman–Crippen MR) is 69.5 cm³/mol. The van der Waals surface area contributed by atoms with E-state index in [4.69, 9.17) is 0 Å². The van der Waals surface area contributed by atoms with Gasteiger partial charge in [0.1, 0.15) is 5.75 Å². The number of aryl methyl sites for hydroxylation is 1. The lowest BCUT2D eigenvalue weighted by atomic mass is 9.91. The summed E-state index contributed by atoms with van der Waals surface area (Å²) in [6.07, 6.45) is 3.42. The van der Waals surface area contributed by atoms with E-state index in [0.29, 0.717) is 11.8 Å². The van der Waals surface area contributed by atoms with E-state index >= 15 is 0 Å². The lowest BCUT2D eigenvalue weighted by Gasteiger charge is -2.28. The monoisotopic (exact) mass is 230 g/mol. The molecule has 0 spiro atoms. The largest absolute Gasteiger partial charge is 0.508 e. The molecule has 1 heterocycles. The maximum atomic E-state index is 9.50. The van der Waals surface area contributed by atoms with E-state index in [0.717, 1.165) is 18.4 Å². The van der Waals surface area contributed by atoms with Gasteiger partial charge in [0.15, 0.2) is 0 Å². The predicted octanol–water partition coefficient (Wildman–Crippen LogP) is 2.29. The van der Waals surface area contributed by atoms with Crippen LogP contribution in [0.3, 0.4) is 0 Å². The van der Waals surface area contributed by atoms with Crippen molar-refractivity contribution in [3.05, 3.63) is 29.5 Å². The maximum absolute atomic E-state index is 9.50. The number of aromatic amines is 1. The molecule has 1 aromatic heterocycles. The van der Waals surface area contributed by atoms with Crippen LogP contribution in [0.4, 0.5) is 0 Å². The third-order valence-electron chi connectivity index (χ3n) is 3.88. The van der Waals surface area contributed by atoms with Gasteiger partial charge in [-0.15, -0.1) is 0 Å². The molecule has 0 saturated carbocycles. The zero-order valence-corrected chi connectivity index (χ0v) is 10.3. The molecule has 3 heteroatoms. The van der Waals surface area contributed by atoms with Crippen molar-refractivity contribution in [3.63, 3.8) is 0 Å². The molecule has 2 aromatic rings. The number of fused-ring (bicyclic) bond motifs is 3. The number of phenols is 1. The number of hydrogen-bond donors (Lipinski definition) is 2. The molecule has 1 unspecified atom stereocenters. The van der Waals surface area contributed by atoms with E-state index in [1.54, 1.807) is 6.07 Å². The van der Waals surface area contributed by atoms with Gasteiger partial charge in [0.25, 0.3) is 0 Å². The van der Waals surface area contributed by atoms with Gasteiger partial charge in [0.2, 0.25) is 0 Å². The second-order valence-corrected chi connectivity index (χ2v) is 5.17. The first-order valence-corrected chi connectivity index (χ1v) is 6.14. The Morgan fingerprint density at radius 1 is 1.35 bits per heavy atom. The molecule has 1 aliphatic rings. The minimum atomic E-state index is 0.334. The van der Waals surface area contributed by atoms with E-state index in [1.807, 2.05) is 12.1 Å². The van der Waals surface area contributed by atoms with Crippen LogP contribution in [0.15, 0.2) is 18.2 Å². The number of aromatic hydroxyl groups is 1. The average molecular weight is 230 g/mol. The quantitative estimate of drug-likeness (QED) is 0.789. The fraction of sp³-hybridized carbons (Fsp3) is 0.429. The van der Waals surface area contributed by atoms with Gasteiger partial charge in [-0.2, -0.15) is 0 Å². The van der Waals surface area contributed by atoms with Crippen LogP contribution in [0, 0.1) is 0 Å². The summed E-state index contributed by atoms with van der Waals surface area (Å²) in [4.78, 5) is 5.75. The Morgan fingerprint density at radius 3 is 2.94 bits per heavy atom. The molecule has 0 saturated heterocycles. The number of likely N-dealkylation sites (N-methyl/N-ethyl adjacent to an activating group) is 1. The third-order valence-corrected chi connectivity index (χ3v) is 3.88. The Labute approximate surface area is 101 Å². The third kappa shape index (κ3) is 1.71. The fourth-order valence-electron chi connectivity index (χ4n) is 2.84. The van der Waals surface area contributed by atoms with Crippen LogP contribution in [-0.2, 0) is 12.8 Å². The second kappa shape index (κ2) is 3.77. The molecule has 17 heavy (non-hydrogen) atoms. The molecule has 2 N–H and O–H groups in total. The molecule has 3 rings (SSSR count). The lowest BCUT2D eigenvalue weighted by molar-refractivity contribution is 0.268. The molecule has 0 fully saturated rings. The average Bonchev–Trinajstić information content (AvgIpc) is 2.64. The second-order valence-electron chi connectivity index (χ2n) is 5.17. The van der Waals surface area contributed by atoms with Crippen molar-refractivity contribution >= 4 is 10.9 Å². The Morgan fingerprint density at radius 2 is 2.18 bits per heavy atom. The molecular weight excluding hydrogens is 212 g/mol. The van der Waals surface area contributed by atoms with Crippen molar-refractivity contribution in [2.24, 2.45) is 0 Å². The van der Waals surface area contributed by atoms with Crippen LogP contribution in [0.2, 0.25) is 0 Å². The van der Waals surface area contributed by atoms with Crippen LogP contribution in [-0.4, -0.2) is 35.1 Å². The van der Waals surface area contributed by atoms with E-state index in [-0.39, 0.29) is 0 Å². The van der Waals surface area contributed by atoms with E-state index in [2.05, 4.69) is 24.0 Å². The molecule has 1 aromatic carbocycles. The molecule has 1 atom stereocenters. The van der Waals surface area contributed by atoms with Crippen LogP contribution in [0.25, 0.3) is 10.9 Å².